The van der Waals surface area contributed by atoms with E-state index < -0.39 is 34.1 Å². The predicted octanol–water partition coefficient (Wildman–Crippen LogP) is 7.36. The zero-order valence-electron chi connectivity index (χ0n) is 26.6. The van der Waals surface area contributed by atoms with Crippen LogP contribution in [0.5, 0.6) is 0 Å². The molecule has 1 atom stereocenters. The number of benzene rings is 4. The van der Waals surface area contributed by atoms with Gasteiger partial charge in [-0.3, -0.25) is 13.9 Å². The highest BCUT2D eigenvalue weighted by molar-refractivity contribution is 7.92. The van der Waals surface area contributed by atoms with Gasteiger partial charge in [0, 0.05) is 18.5 Å². The van der Waals surface area contributed by atoms with Gasteiger partial charge in [0.1, 0.15) is 12.6 Å². The molecule has 0 aliphatic heterocycles. The highest BCUT2D eigenvalue weighted by atomic mass is 35.5. The van der Waals surface area contributed by atoms with E-state index in [9.17, 15) is 18.0 Å². The second kappa shape index (κ2) is 14.7. The van der Waals surface area contributed by atoms with Crippen LogP contribution in [0.1, 0.15) is 43.0 Å². The normalized spacial score (nSPS) is 12.3. The van der Waals surface area contributed by atoms with E-state index in [1.54, 1.807) is 54.6 Å². The molecule has 4 aromatic rings. The van der Waals surface area contributed by atoms with Gasteiger partial charge in [-0.2, -0.15) is 0 Å². The molecule has 0 bridgehead atoms. The molecule has 0 saturated heterocycles. The number of anilines is 1. The first-order valence-corrected chi connectivity index (χ1v) is 17.1. The molecule has 0 aliphatic carbocycles. The number of hydrogen-bond donors (Lipinski definition) is 1. The van der Waals surface area contributed by atoms with Crippen LogP contribution in [0.4, 0.5) is 5.69 Å². The first-order valence-electron chi connectivity index (χ1n) is 14.9. The van der Waals surface area contributed by atoms with Gasteiger partial charge in [-0.1, -0.05) is 95.0 Å². The molecule has 0 aliphatic rings. The number of aryl methyl sites for hydroxylation is 2. The molecule has 7 nitrogen and oxygen atoms in total. The molecule has 0 unspecified atom stereocenters. The van der Waals surface area contributed by atoms with E-state index in [0.29, 0.717) is 21.3 Å². The lowest BCUT2D eigenvalue weighted by Gasteiger charge is -2.35. The van der Waals surface area contributed by atoms with Crippen molar-refractivity contribution in [2.75, 3.05) is 10.8 Å². The van der Waals surface area contributed by atoms with Crippen molar-refractivity contribution in [2.24, 2.45) is 0 Å². The minimum atomic E-state index is -4.18. The zero-order chi connectivity index (χ0) is 33.6. The summed E-state index contributed by atoms with van der Waals surface area (Å²) in [5.74, 6) is -0.930. The smallest absolute Gasteiger partial charge is 0.264 e. The predicted molar refractivity (Wildman–Crippen MR) is 186 cm³/mol. The Kier molecular flexibility index (Phi) is 11.2. The maximum atomic E-state index is 14.6. The summed E-state index contributed by atoms with van der Waals surface area (Å²) in [4.78, 5) is 30.0. The minimum Gasteiger partial charge on any atom is -0.350 e. The number of carbonyl (C=O) groups excluding carboxylic acids is 2. The monoisotopic (exact) mass is 679 g/mol. The number of rotatable bonds is 11. The second-order valence-electron chi connectivity index (χ2n) is 12.4. The van der Waals surface area contributed by atoms with Crippen molar-refractivity contribution < 1.29 is 18.0 Å². The summed E-state index contributed by atoms with van der Waals surface area (Å²) in [6.07, 6.45) is 0.199. The molecule has 4 aromatic carbocycles. The van der Waals surface area contributed by atoms with Gasteiger partial charge in [0.15, 0.2) is 0 Å². The molecule has 242 valence electrons. The lowest BCUT2D eigenvalue weighted by atomic mass is 10.0. The average Bonchev–Trinajstić information content (AvgIpc) is 2.99. The summed E-state index contributed by atoms with van der Waals surface area (Å²) >= 11 is 12.5. The molecule has 2 amide bonds. The van der Waals surface area contributed by atoms with Crippen LogP contribution in [-0.4, -0.2) is 43.3 Å². The average molecular weight is 681 g/mol. The Morgan fingerprint density at radius 1 is 0.783 bits per heavy atom. The van der Waals surface area contributed by atoms with Gasteiger partial charge in [-0.15, -0.1) is 0 Å². The van der Waals surface area contributed by atoms with Crippen molar-refractivity contribution in [3.05, 3.63) is 129 Å². The SMILES string of the molecule is Cc1ccc(N(CC(=O)N(Cc2ccc(Cl)c(Cl)c2)[C@H](Cc2ccccc2)C(=O)NC(C)(C)C)S(=O)(=O)c2ccc(C)cc2)cc1. The molecule has 46 heavy (non-hydrogen) atoms. The highest BCUT2D eigenvalue weighted by Crippen LogP contribution is 2.27. The Labute approximate surface area is 282 Å². The topological polar surface area (TPSA) is 86.8 Å². The molecule has 0 aromatic heterocycles. The fourth-order valence-corrected chi connectivity index (χ4v) is 6.65. The van der Waals surface area contributed by atoms with E-state index in [1.807, 2.05) is 65.0 Å². The van der Waals surface area contributed by atoms with Crippen LogP contribution in [0.3, 0.4) is 0 Å². The van der Waals surface area contributed by atoms with Crippen molar-refractivity contribution in [1.29, 1.82) is 0 Å². The minimum absolute atomic E-state index is 0.0168. The number of nitrogens with zero attached hydrogens (tertiary/aromatic N) is 2. The molecule has 0 radical (unpaired) electrons. The van der Waals surface area contributed by atoms with Gasteiger partial charge in [-0.25, -0.2) is 8.42 Å². The fourth-order valence-electron chi connectivity index (χ4n) is 4.92. The van der Waals surface area contributed by atoms with Crippen molar-refractivity contribution in [2.45, 2.75) is 64.1 Å². The van der Waals surface area contributed by atoms with E-state index in [0.717, 1.165) is 21.0 Å². The summed E-state index contributed by atoms with van der Waals surface area (Å²) in [5.41, 5.74) is 3.04. The van der Waals surface area contributed by atoms with Crippen molar-refractivity contribution in [1.82, 2.24) is 10.2 Å². The Morgan fingerprint density at radius 3 is 1.93 bits per heavy atom. The molecule has 1 N–H and O–H groups in total. The maximum absolute atomic E-state index is 14.6. The summed E-state index contributed by atoms with van der Waals surface area (Å²) in [5, 5.41) is 3.67. The Balaban J connectivity index is 1.83. The van der Waals surface area contributed by atoms with Crippen molar-refractivity contribution >= 4 is 50.7 Å². The first kappa shape index (κ1) is 35.0. The number of amides is 2. The van der Waals surface area contributed by atoms with Gasteiger partial charge in [0.2, 0.25) is 11.8 Å². The molecular weight excluding hydrogens is 641 g/mol. The van der Waals surface area contributed by atoms with Crippen LogP contribution in [0.25, 0.3) is 0 Å². The standard InChI is InChI=1S/C36H39Cl2N3O4S/c1-25-11-16-29(17-12-25)41(46(44,45)30-18-13-26(2)14-19-30)24-34(42)40(23-28-15-20-31(37)32(38)21-28)33(35(43)39-36(3,4)5)22-27-9-7-6-8-10-27/h6-21,33H,22-24H2,1-5H3,(H,39,43)/t33-/m1/s1. The van der Waals surface area contributed by atoms with E-state index in [-0.39, 0.29) is 23.8 Å². The number of carbonyl (C=O) groups is 2. The number of nitrogens with one attached hydrogen (secondary N) is 1. The zero-order valence-corrected chi connectivity index (χ0v) is 29.0. The Hall–Kier alpha value is -3.85. The second-order valence-corrected chi connectivity index (χ2v) is 15.1. The molecule has 0 heterocycles. The van der Waals surface area contributed by atoms with Crippen LogP contribution in [0.2, 0.25) is 10.0 Å². The fraction of sp³-hybridized carbons (Fsp3) is 0.278. The van der Waals surface area contributed by atoms with E-state index in [4.69, 9.17) is 23.2 Å². The summed E-state index contributed by atoms with van der Waals surface area (Å²) < 4.78 is 29.4. The lowest BCUT2D eigenvalue weighted by Crippen LogP contribution is -2.56. The number of halogens is 2. The maximum Gasteiger partial charge on any atom is 0.264 e. The third-order valence-corrected chi connectivity index (χ3v) is 9.84. The van der Waals surface area contributed by atoms with E-state index in [2.05, 4.69) is 5.32 Å². The van der Waals surface area contributed by atoms with Gasteiger partial charge in [0.05, 0.1) is 20.6 Å². The number of sulfonamides is 1. The molecule has 4 rings (SSSR count). The van der Waals surface area contributed by atoms with Crippen molar-refractivity contribution in [3.8, 4) is 0 Å². The summed E-state index contributed by atoms with van der Waals surface area (Å²) in [7, 11) is -4.18. The van der Waals surface area contributed by atoms with Crippen LogP contribution >= 0.6 is 23.2 Å². The van der Waals surface area contributed by atoms with Crippen LogP contribution in [0.15, 0.2) is 102 Å². The van der Waals surface area contributed by atoms with E-state index >= 15 is 0 Å². The van der Waals surface area contributed by atoms with Gasteiger partial charge in [0.25, 0.3) is 10.0 Å². The van der Waals surface area contributed by atoms with Crippen LogP contribution in [0, 0.1) is 13.8 Å². The molecule has 0 fully saturated rings. The lowest BCUT2D eigenvalue weighted by molar-refractivity contribution is -0.140. The highest BCUT2D eigenvalue weighted by Gasteiger charge is 2.35. The summed E-state index contributed by atoms with van der Waals surface area (Å²) in [6.45, 7) is 8.79. The first-order chi connectivity index (χ1) is 21.6. The molecule has 10 heteroatoms. The largest absolute Gasteiger partial charge is 0.350 e. The van der Waals surface area contributed by atoms with Crippen LogP contribution < -0.4 is 9.62 Å². The Morgan fingerprint density at radius 2 is 1.37 bits per heavy atom. The molecule has 0 saturated carbocycles. The van der Waals surface area contributed by atoms with Crippen molar-refractivity contribution in [3.63, 3.8) is 0 Å². The van der Waals surface area contributed by atoms with Crippen LogP contribution in [-0.2, 0) is 32.6 Å². The summed E-state index contributed by atoms with van der Waals surface area (Å²) in [6, 6.07) is 26.8. The molecular formula is C36H39Cl2N3O4S. The Bertz CT molecular complexity index is 1770. The molecule has 0 spiro atoms. The third-order valence-electron chi connectivity index (χ3n) is 7.32. The third kappa shape index (κ3) is 9.12. The van der Waals surface area contributed by atoms with Gasteiger partial charge < -0.3 is 10.2 Å². The quantitative estimate of drug-likeness (QED) is 0.179. The number of hydrogen-bond acceptors (Lipinski definition) is 4. The van der Waals surface area contributed by atoms with Gasteiger partial charge in [-0.05, 0) is 82.1 Å². The van der Waals surface area contributed by atoms with E-state index in [1.165, 1.54) is 17.0 Å². The van der Waals surface area contributed by atoms with Gasteiger partial charge >= 0.3 is 0 Å².